The van der Waals surface area contributed by atoms with E-state index in [2.05, 4.69) is 21.2 Å². The standard InChI is InChI=1S/C15H12BrF2NO2/c1-9-2-4-13(11(17)6-9)19-15(20)8-21-14-5-3-10(16)7-12(14)18/h2-7H,8H2,1H3,(H,19,20). The number of rotatable bonds is 4. The summed E-state index contributed by atoms with van der Waals surface area (Å²) < 4.78 is 32.7. The third-order valence-electron chi connectivity index (χ3n) is 2.65. The lowest BCUT2D eigenvalue weighted by Gasteiger charge is -2.09. The van der Waals surface area contributed by atoms with E-state index in [0.29, 0.717) is 4.47 Å². The lowest BCUT2D eigenvalue weighted by Crippen LogP contribution is -2.21. The number of hydrogen-bond donors (Lipinski definition) is 1. The van der Waals surface area contributed by atoms with Crippen LogP contribution >= 0.6 is 15.9 Å². The monoisotopic (exact) mass is 355 g/mol. The van der Waals surface area contributed by atoms with Crippen molar-refractivity contribution >= 4 is 27.5 Å². The van der Waals surface area contributed by atoms with E-state index in [1.165, 1.54) is 24.3 Å². The van der Waals surface area contributed by atoms with Crippen LogP contribution in [0, 0.1) is 18.6 Å². The Balaban J connectivity index is 1.96. The highest BCUT2D eigenvalue weighted by Gasteiger charge is 2.10. The summed E-state index contributed by atoms with van der Waals surface area (Å²) in [6.07, 6.45) is 0. The molecule has 0 aliphatic heterocycles. The number of anilines is 1. The SMILES string of the molecule is Cc1ccc(NC(=O)COc2ccc(Br)cc2F)c(F)c1. The number of carbonyl (C=O) groups is 1. The van der Waals surface area contributed by atoms with Crippen molar-refractivity contribution in [1.82, 2.24) is 0 Å². The summed E-state index contributed by atoms with van der Waals surface area (Å²) >= 11 is 3.12. The molecule has 0 spiro atoms. The van der Waals surface area contributed by atoms with E-state index in [-0.39, 0.29) is 11.4 Å². The third kappa shape index (κ3) is 4.26. The quantitative estimate of drug-likeness (QED) is 0.898. The maximum atomic E-state index is 13.6. The normalized spacial score (nSPS) is 10.3. The zero-order chi connectivity index (χ0) is 15.4. The van der Waals surface area contributed by atoms with Crippen molar-refractivity contribution in [1.29, 1.82) is 0 Å². The molecule has 0 fully saturated rings. The van der Waals surface area contributed by atoms with E-state index in [1.807, 2.05) is 0 Å². The minimum atomic E-state index is -0.585. The van der Waals surface area contributed by atoms with E-state index in [0.717, 1.165) is 5.56 Å². The van der Waals surface area contributed by atoms with Crippen LogP contribution in [0.2, 0.25) is 0 Å². The molecular weight excluding hydrogens is 344 g/mol. The molecule has 0 bridgehead atoms. The summed E-state index contributed by atoms with van der Waals surface area (Å²) in [5, 5.41) is 2.37. The molecule has 3 nitrogen and oxygen atoms in total. The smallest absolute Gasteiger partial charge is 0.262 e. The molecule has 0 atom stereocenters. The van der Waals surface area contributed by atoms with Crippen LogP contribution in [0.4, 0.5) is 14.5 Å². The Morgan fingerprint density at radius 2 is 1.95 bits per heavy atom. The molecule has 0 saturated carbocycles. The molecule has 0 heterocycles. The molecule has 2 aromatic carbocycles. The predicted octanol–water partition coefficient (Wildman–Crippen LogP) is 4.05. The van der Waals surface area contributed by atoms with Crippen molar-refractivity contribution in [2.24, 2.45) is 0 Å². The fourth-order valence-corrected chi connectivity index (χ4v) is 1.98. The molecule has 0 aliphatic rings. The molecule has 1 amide bonds. The van der Waals surface area contributed by atoms with Gasteiger partial charge in [-0.05, 0) is 42.8 Å². The number of aryl methyl sites for hydroxylation is 1. The Morgan fingerprint density at radius 1 is 1.19 bits per heavy atom. The molecule has 0 aliphatic carbocycles. The maximum Gasteiger partial charge on any atom is 0.262 e. The molecule has 6 heteroatoms. The second kappa shape index (κ2) is 6.67. The highest BCUT2D eigenvalue weighted by atomic mass is 79.9. The third-order valence-corrected chi connectivity index (χ3v) is 3.14. The van der Waals surface area contributed by atoms with Crippen molar-refractivity contribution in [2.75, 3.05) is 11.9 Å². The van der Waals surface area contributed by atoms with Gasteiger partial charge in [0.05, 0.1) is 5.69 Å². The molecule has 21 heavy (non-hydrogen) atoms. The van der Waals surface area contributed by atoms with Gasteiger partial charge in [0.1, 0.15) is 5.82 Å². The van der Waals surface area contributed by atoms with Gasteiger partial charge in [0.15, 0.2) is 18.2 Å². The summed E-state index contributed by atoms with van der Waals surface area (Å²) in [6, 6.07) is 8.67. The van der Waals surface area contributed by atoms with E-state index < -0.39 is 24.1 Å². The van der Waals surface area contributed by atoms with Gasteiger partial charge in [-0.2, -0.15) is 0 Å². The largest absolute Gasteiger partial charge is 0.481 e. The summed E-state index contributed by atoms with van der Waals surface area (Å²) in [4.78, 5) is 11.7. The van der Waals surface area contributed by atoms with E-state index in [1.54, 1.807) is 19.1 Å². The molecule has 2 rings (SSSR count). The second-order valence-electron chi connectivity index (χ2n) is 4.39. The van der Waals surface area contributed by atoms with Crippen LogP contribution in [0.3, 0.4) is 0 Å². The first-order valence-corrected chi connectivity index (χ1v) is 6.89. The maximum absolute atomic E-state index is 13.6. The topological polar surface area (TPSA) is 38.3 Å². The lowest BCUT2D eigenvalue weighted by atomic mass is 10.2. The van der Waals surface area contributed by atoms with Gasteiger partial charge in [0.25, 0.3) is 5.91 Å². The molecule has 0 aromatic heterocycles. The first-order chi connectivity index (χ1) is 9.95. The summed E-state index contributed by atoms with van der Waals surface area (Å²) in [6.45, 7) is 1.33. The first kappa shape index (κ1) is 15.4. The molecule has 0 saturated heterocycles. The van der Waals surface area contributed by atoms with Crippen molar-refractivity contribution in [3.63, 3.8) is 0 Å². The minimum absolute atomic E-state index is 0.0438. The fourth-order valence-electron chi connectivity index (χ4n) is 1.64. The van der Waals surface area contributed by atoms with Crippen LogP contribution in [-0.4, -0.2) is 12.5 Å². The molecule has 2 aromatic rings. The summed E-state index contributed by atoms with van der Waals surface area (Å²) in [5.41, 5.74) is 0.809. The van der Waals surface area contributed by atoms with Gasteiger partial charge < -0.3 is 10.1 Å². The van der Waals surface area contributed by atoms with Gasteiger partial charge in [0, 0.05) is 4.47 Å². The van der Waals surface area contributed by atoms with Crippen LogP contribution < -0.4 is 10.1 Å². The number of ether oxygens (including phenoxy) is 1. The van der Waals surface area contributed by atoms with Crippen LogP contribution in [0.25, 0.3) is 0 Å². The summed E-state index contributed by atoms with van der Waals surface area (Å²) in [5.74, 6) is -1.73. The summed E-state index contributed by atoms with van der Waals surface area (Å²) in [7, 11) is 0. The number of benzene rings is 2. The van der Waals surface area contributed by atoms with Gasteiger partial charge in [-0.3, -0.25) is 4.79 Å². The first-order valence-electron chi connectivity index (χ1n) is 6.09. The van der Waals surface area contributed by atoms with E-state index in [9.17, 15) is 13.6 Å². The fraction of sp³-hybridized carbons (Fsp3) is 0.133. The Kier molecular flexibility index (Phi) is 4.90. The molecular formula is C15H12BrF2NO2. The van der Waals surface area contributed by atoms with Crippen LogP contribution in [-0.2, 0) is 4.79 Å². The zero-order valence-corrected chi connectivity index (χ0v) is 12.7. The highest BCUT2D eigenvalue weighted by Crippen LogP contribution is 2.21. The highest BCUT2D eigenvalue weighted by molar-refractivity contribution is 9.10. The lowest BCUT2D eigenvalue weighted by molar-refractivity contribution is -0.118. The van der Waals surface area contributed by atoms with Crippen molar-refractivity contribution < 1.29 is 18.3 Å². The Hall–Kier alpha value is -1.95. The number of hydrogen-bond acceptors (Lipinski definition) is 2. The number of nitrogens with one attached hydrogen (secondary N) is 1. The molecule has 110 valence electrons. The number of halogens is 3. The van der Waals surface area contributed by atoms with Gasteiger partial charge in [0.2, 0.25) is 0 Å². The van der Waals surface area contributed by atoms with E-state index in [4.69, 9.17) is 4.74 Å². The van der Waals surface area contributed by atoms with Gasteiger partial charge in [-0.25, -0.2) is 8.78 Å². The van der Waals surface area contributed by atoms with Gasteiger partial charge in [-0.1, -0.05) is 22.0 Å². The Morgan fingerprint density at radius 3 is 2.62 bits per heavy atom. The predicted molar refractivity (Wildman–Crippen MR) is 79.4 cm³/mol. The molecule has 1 N–H and O–H groups in total. The van der Waals surface area contributed by atoms with Gasteiger partial charge in [-0.15, -0.1) is 0 Å². The molecule has 0 unspecified atom stereocenters. The van der Waals surface area contributed by atoms with Crippen LogP contribution in [0.1, 0.15) is 5.56 Å². The zero-order valence-electron chi connectivity index (χ0n) is 11.1. The Labute approximate surface area is 129 Å². The van der Waals surface area contributed by atoms with Gasteiger partial charge >= 0.3 is 0 Å². The van der Waals surface area contributed by atoms with Crippen molar-refractivity contribution in [2.45, 2.75) is 6.92 Å². The molecule has 0 radical (unpaired) electrons. The van der Waals surface area contributed by atoms with Crippen molar-refractivity contribution in [3.05, 3.63) is 58.1 Å². The number of amides is 1. The second-order valence-corrected chi connectivity index (χ2v) is 5.31. The average molecular weight is 356 g/mol. The Bertz CT molecular complexity index is 677. The van der Waals surface area contributed by atoms with Crippen LogP contribution in [0.15, 0.2) is 40.9 Å². The number of carbonyl (C=O) groups excluding carboxylic acids is 1. The van der Waals surface area contributed by atoms with Crippen LogP contribution in [0.5, 0.6) is 5.75 Å². The average Bonchev–Trinajstić information content (AvgIpc) is 2.41. The van der Waals surface area contributed by atoms with E-state index >= 15 is 0 Å². The van der Waals surface area contributed by atoms with Crippen molar-refractivity contribution in [3.8, 4) is 5.75 Å². The minimum Gasteiger partial charge on any atom is -0.481 e.